The number of nitrogens with zero attached hydrogens (tertiary/aromatic N) is 5. The van der Waals surface area contributed by atoms with Gasteiger partial charge in [-0.1, -0.05) is 6.07 Å². The van der Waals surface area contributed by atoms with Crippen LogP contribution in [0, 0.1) is 0 Å². The molecule has 4 aromatic rings. The lowest BCUT2D eigenvalue weighted by Crippen LogP contribution is -2.44. The summed E-state index contributed by atoms with van der Waals surface area (Å²) in [5, 5.41) is 17.8. The number of ether oxygens (including phenoxy) is 1. The number of hydrogen-bond acceptors (Lipinski definition) is 11. The number of methoxy groups -OCH3 is 1. The number of fused-ring (bicyclic) bond motifs is 1. The highest BCUT2D eigenvalue weighted by atomic mass is 31.2. The van der Waals surface area contributed by atoms with Gasteiger partial charge in [0.1, 0.15) is 17.1 Å². The number of rotatable bonds is 12. The number of anilines is 5. The van der Waals surface area contributed by atoms with Crippen LogP contribution in [0.4, 0.5) is 42.0 Å². The van der Waals surface area contributed by atoms with E-state index in [4.69, 9.17) is 13.8 Å². The molecule has 1 aliphatic rings. The van der Waals surface area contributed by atoms with Crippen molar-refractivity contribution in [2.75, 3.05) is 69.1 Å². The van der Waals surface area contributed by atoms with Crippen LogP contribution in [-0.4, -0.2) is 78.1 Å². The Balaban J connectivity index is 1.48. The fraction of sp³-hybridized carbons (Fsp3) is 0.419. The Hall–Kier alpha value is -4.04. The number of aryl methyl sites for hydroxylation is 1. The van der Waals surface area contributed by atoms with Gasteiger partial charge in [0.2, 0.25) is 11.8 Å². The Morgan fingerprint density at radius 2 is 1.68 bits per heavy atom. The fourth-order valence-electron chi connectivity index (χ4n) is 5.51. The molecular formula is C31H39F3N7O5P. The number of alkyl halides is 3. The van der Waals surface area contributed by atoms with Gasteiger partial charge in [0, 0.05) is 56.7 Å². The maximum Gasteiger partial charge on any atom is 0.421 e. The van der Waals surface area contributed by atoms with E-state index >= 15 is 0 Å². The molecule has 5 rings (SSSR count). The Morgan fingerprint density at radius 3 is 2.32 bits per heavy atom. The average molecular weight is 678 g/mol. The molecule has 1 saturated heterocycles. The molecule has 0 bridgehead atoms. The molecule has 254 valence electrons. The third-order valence-corrected chi connectivity index (χ3v) is 9.89. The van der Waals surface area contributed by atoms with Crippen molar-refractivity contribution < 1.29 is 36.6 Å². The van der Waals surface area contributed by atoms with Gasteiger partial charge in [0.15, 0.2) is 0 Å². The zero-order valence-corrected chi connectivity index (χ0v) is 27.8. The number of aromatic hydroxyl groups is 1. The predicted molar refractivity (Wildman–Crippen MR) is 175 cm³/mol. The highest BCUT2D eigenvalue weighted by Gasteiger charge is 2.36. The van der Waals surface area contributed by atoms with Crippen LogP contribution in [0.2, 0.25) is 0 Å². The summed E-state index contributed by atoms with van der Waals surface area (Å²) >= 11 is 0. The van der Waals surface area contributed by atoms with Crippen molar-refractivity contribution in [1.82, 2.24) is 19.4 Å². The van der Waals surface area contributed by atoms with Gasteiger partial charge in [-0.05, 0) is 50.7 Å². The van der Waals surface area contributed by atoms with Crippen LogP contribution in [-0.2, 0) is 33.0 Å². The van der Waals surface area contributed by atoms with Crippen molar-refractivity contribution in [3.63, 3.8) is 0 Å². The first-order chi connectivity index (χ1) is 22.4. The van der Waals surface area contributed by atoms with Gasteiger partial charge < -0.3 is 43.9 Å². The third kappa shape index (κ3) is 7.59. The summed E-state index contributed by atoms with van der Waals surface area (Å²) in [5.41, 5.74) is 1.02. The summed E-state index contributed by atoms with van der Waals surface area (Å²) in [7, 11) is 1.76. The number of nitrogens with one attached hydrogen (secondary N) is 2. The SMILES string of the molecule is CCOP(=O)(Cc1ccc(Nc2ncc(C(F)(F)F)c(Nc3ccc(N4CCN(C)CC4)c4cn(C)c(O)c34)n2)c(OC)c1)OCC. The molecule has 1 aliphatic heterocycles. The van der Waals surface area contributed by atoms with Gasteiger partial charge in [-0.3, -0.25) is 4.57 Å². The van der Waals surface area contributed by atoms with Gasteiger partial charge in [-0.15, -0.1) is 0 Å². The van der Waals surface area contributed by atoms with Gasteiger partial charge in [0.25, 0.3) is 0 Å². The third-order valence-electron chi connectivity index (χ3n) is 7.83. The molecule has 1 fully saturated rings. The molecular weight excluding hydrogens is 638 g/mol. The van der Waals surface area contributed by atoms with E-state index in [1.165, 1.54) is 11.7 Å². The molecule has 2 aromatic carbocycles. The molecule has 0 spiro atoms. The van der Waals surface area contributed by atoms with E-state index in [9.17, 15) is 22.8 Å². The second-order valence-corrected chi connectivity index (χ2v) is 13.2. The number of benzene rings is 2. The molecule has 3 N–H and O–H groups in total. The minimum absolute atomic E-state index is 0.00453. The Labute approximate surface area is 271 Å². The molecule has 0 amide bonds. The molecule has 16 heteroatoms. The highest BCUT2D eigenvalue weighted by Crippen LogP contribution is 2.52. The van der Waals surface area contributed by atoms with E-state index in [-0.39, 0.29) is 36.9 Å². The maximum absolute atomic E-state index is 14.2. The van der Waals surface area contributed by atoms with E-state index in [0.29, 0.717) is 34.0 Å². The molecule has 3 heterocycles. The summed E-state index contributed by atoms with van der Waals surface area (Å²) < 4.78 is 73.4. The van der Waals surface area contributed by atoms with Crippen molar-refractivity contribution >= 4 is 47.2 Å². The molecule has 0 atom stereocenters. The zero-order chi connectivity index (χ0) is 33.9. The molecule has 0 saturated carbocycles. The fourth-order valence-corrected chi connectivity index (χ4v) is 7.20. The van der Waals surface area contributed by atoms with Crippen LogP contribution in [0.3, 0.4) is 0 Å². The normalized spacial score (nSPS) is 14.5. The molecule has 0 aliphatic carbocycles. The molecule has 0 radical (unpaired) electrons. The molecule has 12 nitrogen and oxygen atoms in total. The lowest BCUT2D eigenvalue weighted by molar-refractivity contribution is -0.137. The highest BCUT2D eigenvalue weighted by molar-refractivity contribution is 7.53. The number of piperazine rings is 1. The monoisotopic (exact) mass is 677 g/mol. The summed E-state index contributed by atoms with van der Waals surface area (Å²) in [6.45, 7) is 7.15. The van der Waals surface area contributed by atoms with Gasteiger partial charge in [0.05, 0.1) is 43.2 Å². The minimum Gasteiger partial charge on any atom is -0.495 e. The standard InChI is InChI=1S/C31H39F3N7O5P/c1-6-45-47(43,46-7-2)19-20-8-9-23(26(16-20)44-5)37-30-35-17-22(31(32,33)34)28(38-30)36-24-10-11-25(41-14-12-39(3)13-15-41)21-18-40(4)29(42)27(21)24/h8-11,16-18,42H,6-7,12-15,19H2,1-5H3,(H2,35,36,37,38). The van der Waals surface area contributed by atoms with Gasteiger partial charge >= 0.3 is 13.8 Å². The van der Waals surface area contributed by atoms with Crippen molar-refractivity contribution in [1.29, 1.82) is 0 Å². The van der Waals surface area contributed by atoms with Gasteiger partial charge in [-0.2, -0.15) is 18.2 Å². The second-order valence-electron chi connectivity index (χ2n) is 11.1. The van der Waals surface area contributed by atoms with Crippen molar-refractivity contribution in [3.05, 3.63) is 53.9 Å². The van der Waals surface area contributed by atoms with Crippen molar-refractivity contribution in [2.24, 2.45) is 7.05 Å². The van der Waals surface area contributed by atoms with Crippen LogP contribution in [0.1, 0.15) is 25.0 Å². The van der Waals surface area contributed by atoms with Crippen LogP contribution < -0.4 is 20.3 Å². The van der Waals surface area contributed by atoms with E-state index in [2.05, 4.69) is 37.4 Å². The number of likely N-dealkylation sites (N-methyl/N-ethyl adjacent to an activating group) is 1. The maximum atomic E-state index is 14.2. The molecule has 2 aromatic heterocycles. The molecule has 0 unspecified atom stereocenters. The van der Waals surface area contributed by atoms with E-state index in [1.54, 1.807) is 51.4 Å². The quantitative estimate of drug-likeness (QED) is 0.139. The smallest absolute Gasteiger partial charge is 0.421 e. The van der Waals surface area contributed by atoms with Crippen molar-refractivity contribution in [3.8, 4) is 11.6 Å². The first kappa shape index (κ1) is 34.3. The Morgan fingerprint density at radius 1 is 1.00 bits per heavy atom. The topological polar surface area (TPSA) is 126 Å². The molecule has 47 heavy (non-hydrogen) atoms. The predicted octanol–water partition coefficient (Wildman–Crippen LogP) is 6.71. The van der Waals surface area contributed by atoms with Crippen LogP contribution >= 0.6 is 7.60 Å². The van der Waals surface area contributed by atoms with Crippen LogP contribution in [0.5, 0.6) is 11.6 Å². The summed E-state index contributed by atoms with van der Waals surface area (Å²) in [6.07, 6.45) is -2.31. The average Bonchev–Trinajstić information content (AvgIpc) is 3.32. The lowest BCUT2D eigenvalue weighted by atomic mass is 10.1. The summed E-state index contributed by atoms with van der Waals surface area (Å²) in [6, 6.07) is 8.41. The number of hydrogen-bond donors (Lipinski definition) is 3. The minimum atomic E-state index is -4.77. The first-order valence-electron chi connectivity index (χ1n) is 15.1. The summed E-state index contributed by atoms with van der Waals surface area (Å²) in [4.78, 5) is 12.5. The van der Waals surface area contributed by atoms with E-state index in [0.717, 1.165) is 31.9 Å². The number of aromatic nitrogens is 3. The van der Waals surface area contributed by atoms with Crippen LogP contribution in [0.15, 0.2) is 42.7 Å². The lowest BCUT2D eigenvalue weighted by Gasteiger charge is -2.34. The van der Waals surface area contributed by atoms with E-state index < -0.39 is 25.2 Å². The number of halogens is 3. The Kier molecular flexibility index (Phi) is 10.2. The van der Waals surface area contributed by atoms with Crippen molar-refractivity contribution in [2.45, 2.75) is 26.2 Å². The van der Waals surface area contributed by atoms with E-state index in [1.807, 2.05) is 6.07 Å². The van der Waals surface area contributed by atoms with Gasteiger partial charge in [-0.25, -0.2) is 4.98 Å². The summed E-state index contributed by atoms with van der Waals surface area (Å²) in [5.74, 6) is -0.418. The zero-order valence-electron chi connectivity index (χ0n) is 26.9. The largest absolute Gasteiger partial charge is 0.495 e. The Bertz CT molecular complexity index is 1770. The first-order valence-corrected chi connectivity index (χ1v) is 16.9. The van der Waals surface area contributed by atoms with Crippen LogP contribution in [0.25, 0.3) is 10.8 Å². The second kappa shape index (κ2) is 14.0.